The van der Waals surface area contributed by atoms with Crippen molar-refractivity contribution in [3.63, 3.8) is 0 Å². The first kappa shape index (κ1) is 19.4. The third-order valence-electron chi connectivity index (χ3n) is 4.78. The minimum absolute atomic E-state index is 0.00948. The Hall–Kier alpha value is -2.38. The molecule has 146 valence electrons. The Morgan fingerprint density at radius 3 is 2.59 bits per heavy atom. The number of halogens is 4. The van der Waals surface area contributed by atoms with Crippen molar-refractivity contribution in [2.45, 2.75) is 50.7 Å². The summed E-state index contributed by atoms with van der Waals surface area (Å²) in [5.74, 6) is -1.55. The zero-order chi connectivity index (χ0) is 19.4. The minimum Gasteiger partial charge on any atom is -0.441 e. The van der Waals surface area contributed by atoms with Gasteiger partial charge in [0.1, 0.15) is 5.82 Å². The molecule has 1 aliphatic carbocycles. The van der Waals surface area contributed by atoms with Crippen molar-refractivity contribution in [1.29, 1.82) is 0 Å². The lowest BCUT2D eigenvalue weighted by Gasteiger charge is -2.33. The molecule has 0 radical (unpaired) electrons. The summed E-state index contributed by atoms with van der Waals surface area (Å²) in [7, 11) is 0. The minimum atomic E-state index is -4.30. The lowest BCUT2D eigenvalue weighted by Crippen LogP contribution is -2.47. The fourth-order valence-electron chi connectivity index (χ4n) is 3.37. The molecular weight excluding hydrogens is 364 g/mol. The van der Waals surface area contributed by atoms with Crippen molar-refractivity contribution >= 4 is 5.91 Å². The highest BCUT2D eigenvalue weighted by atomic mass is 19.4. The summed E-state index contributed by atoms with van der Waals surface area (Å²) < 4.78 is 57.7. The Morgan fingerprint density at radius 2 is 1.89 bits per heavy atom. The van der Waals surface area contributed by atoms with Gasteiger partial charge in [-0.25, -0.2) is 9.37 Å². The molecular formula is C19H20F4N2O2. The smallest absolute Gasteiger partial charge is 0.393 e. The van der Waals surface area contributed by atoms with Gasteiger partial charge in [-0.1, -0.05) is 12.8 Å². The number of hydrogen-bond donors (Lipinski definition) is 1. The number of aryl methyl sites for hydroxylation is 1. The second-order valence-corrected chi connectivity index (χ2v) is 6.73. The Kier molecular flexibility index (Phi) is 5.82. The quantitative estimate of drug-likeness (QED) is 0.764. The molecule has 1 amide bonds. The maximum atomic E-state index is 13.1. The molecule has 3 rings (SSSR count). The molecule has 1 heterocycles. The van der Waals surface area contributed by atoms with Crippen LogP contribution in [0.4, 0.5) is 17.6 Å². The summed E-state index contributed by atoms with van der Waals surface area (Å²) >= 11 is 0. The summed E-state index contributed by atoms with van der Waals surface area (Å²) in [6.07, 6.45) is -1.07. The average Bonchev–Trinajstić information content (AvgIpc) is 3.09. The van der Waals surface area contributed by atoms with Crippen molar-refractivity contribution in [1.82, 2.24) is 10.3 Å². The third-order valence-corrected chi connectivity index (χ3v) is 4.78. The molecule has 1 fully saturated rings. The topological polar surface area (TPSA) is 55.1 Å². The fraction of sp³-hybridized carbons (Fsp3) is 0.474. The molecule has 2 atom stereocenters. The second-order valence-electron chi connectivity index (χ2n) is 6.73. The van der Waals surface area contributed by atoms with Crippen LogP contribution in [-0.2, 0) is 11.2 Å². The van der Waals surface area contributed by atoms with Gasteiger partial charge in [-0.05, 0) is 37.1 Å². The number of alkyl halides is 3. The number of rotatable bonds is 5. The summed E-state index contributed by atoms with van der Waals surface area (Å²) in [4.78, 5) is 16.1. The molecule has 2 unspecified atom stereocenters. The second kappa shape index (κ2) is 8.10. The molecule has 0 aliphatic heterocycles. The van der Waals surface area contributed by atoms with E-state index in [-0.39, 0.29) is 25.1 Å². The van der Waals surface area contributed by atoms with Gasteiger partial charge < -0.3 is 9.73 Å². The monoisotopic (exact) mass is 384 g/mol. The number of nitrogens with zero attached hydrogens (tertiary/aromatic N) is 1. The maximum absolute atomic E-state index is 13.1. The van der Waals surface area contributed by atoms with Crippen LogP contribution in [0.1, 0.15) is 38.0 Å². The van der Waals surface area contributed by atoms with E-state index in [0.717, 1.165) is 0 Å². The lowest BCUT2D eigenvalue weighted by molar-refractivity contribution is -0.189. The van der Waals surface area contributed by atoms with Crippen LogP contribution in [0.3, 0.4) is 0 Å². The first-order chi connectivity index (χ1) is 12.8. The highest BCUT2D eigenvalue weighted by molar-refractivity contribution is 5.76. The van der Waals surface area contributed by atoms with Crippen molar-refractivity contribution in [3.8, 4) is 11.3 Å². The van der Waals surface area contributed by atoms with Gasteiger partial charge in [0.15, 0.2) is 11.7 Å². The van der Waals surface area contributed by atoms with Crippen LogP contribution >= 0.6 is 0 Å². The number of carbonyl (C=O) groups is 1. The molecule has 2 aromatic rings. The van der Waals surface area contributed by atoms with Crippen LogP contribution in [0.5, 0.6) is 0 Å². The summed E-state index contributed by atoms with van der Waals surface area (Å²) in [5, 5.41) is 2.52. The summed E-state index contributed by atoms with van der Waals surface area (Å²) in [6.45, 7) is 0. The number of nitrogens with one attached hydrogen (secondary N) is 1. The molecule has 0 bridgehead atoms. The Labute approximate surface area is 154 Å². The third kappa shape index (κ3) is 5.08. The molecule has 4 nitrogen and oxygen atoms in total. The van der Waals surface area contributed by atoms with Crippen LogP contribution in [0, 0.1) is 11.7 Å². The first-order valence-corrected chi connectivity index (χ1v) is 8.89. The lowest BCUT2D eigenvalue weighted by atomic mass is 9.84. The number of aromatic nitrogens is 1. The van der Waals surface area contributed by atoms with Crippen LogP contribution in [0.2, 0.25) is 0 Å². The van der Waals surface area contributed by atoms with E-state index in [1.807, 2.05) is 0 Å². The van der Waals surface area contributed by atoms with E-state index in [1.165, 1.54) is 18.3 Å². The molecule has 1 saturated carbocycles. The number of benzene rings is 1. The SMILES string of the molecule is O=C(CCc1ncc(-c2ccc(F)cc2)o1)NC1CCCCC1C(F)(F)F. The number of carbonyl (C=O) groups excluding carboxylic acids is 1. The number of amides is 1. The van der Waals surface area contributed by atoms with Crippen LogP contribution in [0.15, 0.2) is 34.9 Å². The molecule has 1 aromatic carbocycles. The maximum Gasteiger partial charge on any atom is 0.393 e. The van der Waals surface area contributed by atoms with Gasteiger partial charge in [-0.15, -0.1) is 0 Å². The van der Waals surface area contributed by atoms with Gasteiger partial charge >= 0.3 is 6.18 Å². The van der Waals surface area contributed by atoms with E-state index < -0.39 is 24.0 Å². The largest absolute Gasteiger partial charge is 0.441 e. The molecule has 1 N–H and O–H groups in total. The van der Waals surface area contributed by atoms with Gasteiger partial charge in [-0.3, -0.25) is 4.79 Å². The number of oxazole rings is 1. The van der Waals surface area contributed by atoms with Gasteiger partial charge in [0.25, 0.3) is 0 Å². The summed E-state index contributed by atoms with van der Waals surface area (Å²) in [6, 6.07) is 4.82. The van der Waals surface area contributed by atoms with E-state index >= 15 is 0 Å². The molecule has 0 spiro atoms. The van der Waals surface area contributed by atoms with Gasteiger partial charge in [0.2, 0.25) is 5.91 Å². The van der Waals surface area contributed by atoms with Crippen molar-refractivity contribution in [3.05, 3.63) is 42.2 Å². The zero-order valence-electron chi connectivity index (χ0n) is 14.6. The predicted octanol–water partition coefficient (Wildman–Crippen LogP) is 4.65. The molecule has 0 saturated heterocycles. The predicted molar refractivity (Wildman–Crippen MR) is 90.2 cm³/mol. The normalized spacial score (nSPS) is 20.4. The van der Waals surface area contributed by atoms with Gasteiger partial charge in [0.05, 0.1) is 12.1 Å². The Morgan fingerprint density at radius 1 is 1.19 bits per heavy atom. The zero-order valence-corrected chi connectivity index (χ0v) is 14.6. The van der Waals surface area contributed by atoms with Crippen molar-refractivity contribution in [2.24, 2.45) is 5.92 Å². The van der Waals surface area contributed by atoms with Crippen molar-refractivity contribution in [2.75, 3.05) is 0 Å². The fourth-order valence-corrected chi connectivity index (χ4v) is 3.37. The summed E-state index contributed by atoms with van der Waals surface area (Å²) in [5.41, 5.74) is 0.648. The van der Waals surface area contributed by atoms with E-state index in [4.69, 9.17) is 4.42 Å². The average molecular weight is 384 g/mol. The van der Waals surface area contributed by atoms with E-state index in [0.29, 0.717) is 36.5 Å². The van der Waals surface area contributed by atoms with E-state index in [9.17, 15) is 22.4 Å². The highest BCUT2D eigenvalue weighted by Gasteiger charge is 2.45. The van der Waals surface area contributed by atoms with E-state index in [2.05, 4.69) is 10.3 Å². The van der Waals surface area contributed by atoms with Crippen LogP contribution in [0.25, 0.3) is 11.3 Å². The molecule has 1 aliphatic rings. The van der Waals surface area contributed by atoms with Crippen LogP contribution in [-0.4, -0.2) is 23.1 Å². The van der Waals surface area contributed by atoms with Gasteiger partial charge in [0, 0.05) is 24.4 Å². The Bertz CT molecular complexity index is 771. The number of hydrogen-bond acceptors (Lipinski definition) is 3. The Balaban J connectivity index is 1.54. The first-order valence-electron chi connectivity index (χ1n) is 8.89. The standard InChI is InChI=1S/C19H20F4N2O2/c20-13-7-5-12(6-8-13)16-11-24-18(27-16)10-9-17(26)25-15-4-2-1-3-14(15)19(21,22)23/h5-8,11,14-15H,1-4,9-10H2,(H,25,26). The molecule has 8 heteroatoms. The molecule has 1 aromatic heterocycles. The van der Waals surface area contributed by atoms with E-state index in [1.54, 1.807) is 12.1 Å². The molecule has 27 heavy (non-hydrogen) atoms. The van der Waals surface area contributed by atoms with Crippen molar-refractivity contribution < 1.29 is 26.8 Å². The van der Waals surface area contributed by atoms with Gasteiger partial charge in [-0.2, -0.15) is 13.2 Å². The van der Waals surface area contributed by atoms with Crippen LogP contribution < -0.4 is 5.32 Å². The highest BCUT2D eigenvalue weighted by Crippen LogP contribution is 2.37.